The van der Waals surface area contributed by atoms with E-state index >= 15 is 0 Å². The SMILES string of the molecule is CCC(C)(C=NC(C)C)OC. The second-order valence-corrected chi connectivity index (χ2v) is 3.24. The molecule has 0 aliphatic heterocycles. The average molecular weight is 157 g/mol. The van der Waals surface area contributed by atoms with Crippen LogP contribution in [0.15, 0.2) is 4.99 Å². The standard InChI is InChI=1S/C9H19NO/c1-6-9(4,11-5)7-10-8(2)3/h7-8H,6H2,1-5H3. The normalized spacial score (nSPS) is 17.6. The molecule has 0 radical (unpaired) electrons. The summed E-state index contributed by atoms with van der Waals surface area (Å²) in [7, 11) is 1.72. The molecule has 0 bridgehead atoms. The van der Waals surface area contributed by atoms with Crippen molar-refractivity contribution >= 4 is 6.21 Å². The van der Waals surface area contributed by atoms with Crippen molar-refractivity contribution in [1.29, 1.82) is 0 Å². The van der Waals surface area contributed by atoms with E-state index in [1.165, 1.54) is 0 Å². The van der Waals surface area contributed by atoms with Gasteiger partial charge in [0.2, 0.25) is 0 Å². The second-order valence-electron chi connectivity index (χ2n) is 3.24. The second kappa shape index (κ2) is 4.50. The van der Waals surface area contributed by atoms with E-state index < -0.39 is 0 Å². The van der Waals surface area contributed by atoms with Gasteiger partial charge < -0.3 is 4.74 Å². The van der Waals surface area contributed by atoms with E-state index in [0.29, 0.717) is 6.04 Å². The zero-order valence-electron chi connectivity index (χ0n) is 8.22. The van der Waals surface area contributed by atoms with Crippen LogP contribution in [0, 0.1) is 0 Å². The van der Waals surface area contributed by atoms with Gasteiger partial charge in [0.05, 0.1) is 5.60 Å². The summed E-state index contributed by atoms with van der Waals surface area (Å²) in [6.45, 7) is 8.25. The van der Waals surface area contributed by atoms with Gasteiger partial charge in [-0.25, -0.2) is 0 Å². The lowest BCUT2D eigenvalue weighted by Crippen LogP contribution is -2.28. The number of nitrogens with zero attached hydrogens (tertiary/aromatic N) is 1. The molecular formula is C9H19NO. The van der Waals surface area contributed by atoms with Crippen LogP contribution in [0.1, 0.15) is 34.1 Å². The summed E-state index contributed by atoms with van der Waals surface area (Å²) < 4.78 is 5.29. The first-order chi connectivity index (χ1) is 5.04. The van der Waals surface area contributed by atoms with Crippen molar-refractivity contribution in [2.75, 3.05) is 7.11 Å². The van der Waals surface area contributed by atoms with Gasteiger partial charge in [-0.2, -0.15) is 0 Å². The fourth-order valence-corrected chi connectivity index (χ4v) is 0.595. The molecule has 0 saturated carbocycles. The lowest BCUT2D eigenvalue weighted by atomic mass is 10.1. The summed E-state index contributed by atoms with van der Waals surface area (Å²) >= 11 is 0. The van der Waals surface area contributed by atoms with E-state index in [9.17, 15) is 0 Å². The van der Waals surface area contributed by atoms with Crippen LogP contribution >= 0.6 is 0 Å². The Kier molecular flexibility index (Phi) is 4.34. The van der Waals surface area contributed by atoms with Gasteiger partial charge in [-0.1, -0.05) is 6.92 Å². The van der Waals surface area contributed by atoms with Gasteiger partial charge in [0.15, 0.2) is 0 Å². The molecule has 0 spiro atoms. The molecule has 0 fully saturated rings. The number of hydrogen-bond acceptors (Lipinski definition) is 2. The van der Waals surface area contributed by atoms with Crippen LogP contribution in [-0.2, 0) is 4.74 Å². The summed E-state index contributed by atoms with van der Waals surface area (Å²) in [6.07, 6.45) is 2.86. The van der Waals surface area contributed by atoms with Gasteiger partial charge in [-0.05, 0) is 27.2 Å². The van der Waals surface area contributed by atoms with E-state index in [-0.39, 0.29) is 5.60 Å². The van der Waals surface area contributed by atoms with Crippen molar-refractivity contribution < 1.29 is 4.74 Å². The molecule has 1 unspecified atom stereocenters. The van der Waals surface area contributed by atoms with Gasteiger partial charge in [0.25, 0.3) is 0 Å². The molecule has 0 aromatic heterocycles. The molecule has 0 aliphatic rings. The maximum atomic E-state index is 5.29. The minimum absolute atomic E-state index is 0.176. The van der Waals surface area contributed by atoms with Gasteiger partial charge >= 0.3 is 0 Å². The molecule has 0 saturated heterocycles. The van der Waals surface area contributed by atoms with Crippen LogP contribution in [0.4, 0.5) is 0 Å². The molecule has 0 heterocycles. The highest BCUT2D eigenvalue weighted by molar-refractivity contribution is 5.68. The Labute approximate surface area is 69.7 Å². The fourth-order valence-electron chi connectivity index (χ4n) is 0.595. The van der Waals surface area contributed by atoms with Gasteiger partial charge in [-0.3, -0.25) is 4.99 Å². The third kappa shape index (κ3) is 4.14. The minimum Gasteiger partial charge on any atom is -0.373 e. The Morgan fingerprint density at radius 3 is 2.36 bits per heavy atom. The largest absolute Gasteiger partial charge is 0.373 e. The lowest BCUT2D eigenvalue weighted by molar-refractivity contribution is 0.0671. The topological polar surface area (TPSA) is 21.6 Å². The molecule has 2 heteroatoms. The molecule has 11 heavy (non-hydrogen) atoms. The third-order valence-electron chi connectivity index (χ3n) is 1.81. The monoisotopic (exact) mass is 157 g/mol. The van der Waals surface area contributed by atoms with E-state index in [1.54, 1.807) is 7.11 Å². The van der Waals surface area contributed by atoms with E-state index in [4.69, 9.17) is 4.74 Å². The van der Waals surface area contributed by atoms with Crippen LogP contribution in [0.5, 0.6) is 0 Å². The quantitative estimate of drug-likeness (QED) is 0.574. The highest BCUT2D eigenvalue weighted by Gasteiger charge is 2.17. The Balaban J connectivity index is 4.06. The van der Waals surface area contributed by atoms with E-state index in [1.807, 2.05) is 13.1 Å². The number of hydrogen-bond donors (Lipinski definition) is 0. The highest BCUT2D eigenvalue weighted by Crippen LogP contribution is 2.10. The molecule has 0 aromatic rings. The first-order valence-electron chi connectivity index (χ1n) is 4.13. The summed E-state index contributed by atoms with van der Waals surface area (Å²) in [4.78, 5) is 4.29. The van der Waals surface area contributed by atoms with Crippen molar-refractivity contribution in [2.24, 2.45) is 4.99 Å². The van der Waals surface area contributed by atoms with Gasteiger partial charge in [-0.15, -0.1) is 0 Å². The summed E-state index contributed by atoms with van der Waals surface area (Å²) in [5.74, 6) is 0. The Hall–Kier alpha value is -0.370. The van der Waals surface area contributed by atoms with Crippen molar-refractivity contribution in [3.63, 3.8) is 0 Å². The summed E-state index contributed by atoms with van der Waals surface area (Å²) in [5.41, 5.74) is -0.176. The average Bonchev–Trinajstić information content (AvgIpc) is 2.00. The van der Waals surface area contributed by atoms with Gasteiger partial charge in [0, 0.05) is 19.4 Å². The van der Waals surface area contributed by atoms with E-state index in [2.05, 4.69) is 25.8 Å². The molecule has 0 amide bonds. The maximum Gasteiger partial charge on any atom is 0.0993 e. The van der Waals surface area contributed by atoms with Crippen molar-refractivity contribution in [3.8, 4) is 0 Å². The molecule has 66 valence electrons. The van der Waals surface area contributed by atoms with Crippen molar-refractivity contribution in [2.45, 2.75) is 45.8 Å². The van der Waals surface area contributed by atoms with Crippen LogP contribution in [0.25, 0.3) is 0 Å². The molecule has 2 nitrogen and oxygen atoms in total. The Morgan fingerprint density at radius 2 is 2.09 bits per heavy atom. The third-order valence-corrected chi connectivity index (χ3v) is 1.81. The molecule has 0 N–H and O–H groups in total. The van der Waals surface area contributed by atoms with Gasteiger partial charge in [0.1, 0.15) is 0 Å². The van der Waals surface area contributed by atoms with Crippen molar-refractivity contribution in [1.82, 2.24) is 0 Å². The predicted octanol–water partition coefficient (Wildman–Crippen LogP) is 2.28. The summed E-state index contributed by atoms with van der Waals surface area (Å²) in [5, 5.41) is 0. The zero-order chi connectivity index (χ0) is 8.91. The zero-order valence-corrected chi connectivity index (χ0v) is 8.22. The number of aliphatic imine (C=N–C) groups is 1. The summed E-state index contributed by atoms with van der Waals surface area (Å²) in [6, 6.07) is 0.357. The van der Waals surface area contributed by atoms with Crippen LogP contribution in [0.2, 0.25) is 0 Å². The maximum absolute atomic E-state index is 5.29. The van der Waals surface area contributed by atoms with Crippen LogP contribution < -0.4 is 0 Å². The molecule has 0 aliphatic carbocycles. The molecule has 1 atom stereocenters. The molecule has 0 aromatic carbocycles. The first kappa shape index (κ1) is 10.6. The minimum atomic E-state index is -0.176. The Bertz CT molecular complexity index is 126. The first-order valence-corrected chi connectivity index (χ1v) is 4.13. The van der Waals surface area contributed by atoms with E-state index in [0.717, 1.165) is 6.42 Å². The molecular weight excluding hydrogens is 138 g/mol. The van der Waals surface area contributed by atoms with Crippen LogP contribution in [-0.4, -0.2) is 25.0 Å². The smallest absolute Gasteiger partial charge is 0.0993 e. The predicted molar refractivity (Wildman–Crippen MR) is 49.3 cm³/mol. The van der Waals surface area contributed by atoms with Crippen molar-refractivity contribution in [3.05, 3.63) is 0 Å². The number of methoxy groups -OCH3 is 1. The van der Waals surface area contributed by atoms with Crippen LogP contribution in [0.3, 0.4) is 0 Å². The number of rotatable bonds is 4. The highest BCUT2D eigenvalue weighted by atomic mass is 16.5. The number of ether oxygens (including phenoxy) is 1. The molecule has 0 rings (SSSR count). The lowest BCUT2D eigenvalue weighted by Gasteiger charge is -2.21. The fraction of sp³-hybridized carbons (Fsp3) is 0.889. The Morgan fingerprint density at radius 1 is 1.55 bits per heavy atom.